The molecule has 3 rings (SSSR count). The number of hydrogen-bond donors (Lipinski definition) is 1. The molecule has 3 aromatic rings. The van der Waals surface area contributed by atoms with E-state index in [2.05, 4.69) is 15.5 Å². The van der Waals surface area contributed by atoms with E-state index in [0.717, 1.165) is 5.56 Å². The van der Waals surface area contributed by atoms with Gasteiger partial charge in [-0.15, -0.1) is 10.2 Å². The van der Waals surface area contributed by atoms with Crippen molar-refractivity contribution < 1.29 is 14.5 Å². The standard InChI is InChI=1S/C21H21Cl2N5O4S/c1-4-27-20(13(3)32-15-6-8-16(22)12(2)9-15)25-26-21(27)33-11-19(29)24-18-10-14(28(30)31)5-7-17(18)23/h5-10,13H,4,11H2,1-3H3,(H,24,29). The van der Waals surface area contributed by atoms with Crippen LogP contribution >= 0.6 is 35.0 Å². The van der Waals surface area contributed by atoms with Crippen LogP contribution in [0.1, 0.15) is 31.3 Å². The van der Waals surface area contributed by atoms with Gasteiger partial charge in [0, 0.05) is 23.7 Å². The van der Waals surface area contributed by atoms with Gasteiger partial charge in [-0.2, -0.15) is 0 Å². The summed E-state index contributed by atoms with van der Waals surface area (Å²) in [5, 5.41) is 23.4. The maximum Gasteiger partial charge on any atom is 0.271 e. The first-order valence-corrected chi connectivity index (χ1v) is 11.7. The molecule has 0 saturated heterocycles. The fourth-order valence-electron chi connectivity index (χ4n) is 2.99. The van der Waals surface area contributed by atoms with Crippen LogP contribution in [-0.4, -0.2) is 31.3 Å². The van der Waals surface area contributed by atoms with Gasteiger partial charge >= 0.3 is 0 Å². The van der Waals surface area contributed by atoms with E-state index >= 15 is 0 Å². The van der Waals surface area contributed by atoms with Crippen molar-refractivity contribution in [2.75, 3.05) is 11.1 Å². The number of aryl methyl sites for hydroxylation is 1. The smallest absolute Gasteiger partial charge is 0.271 e. The summed E-state index contributed by atoms with van der Waals surface area (Å²) in [6, 6.07) is 9.27. The summed E-state index contributed by atoms with van der Waals surface area (Å²) in [5.41, 5.74) is 0.918. The number of ether oxygens (including phenoxy) is 1. The van der Waals surface area contributed by atoms with Crippen LogP contribution in [0.4, 0.5) is 11.4 Å². The molecular weight excluding hydrogens is 489 g/mol. The number of benzene rings is 2. The molecule has 1 heterocycles. The maximum atomic E-state index is 12.4. The Labute approximate surface area is 204 Å². The quantitative estimate of drug-likeness (QED) is 0.224. The number of hydrogen-bond acceptors (Lipinski definition) is 7. The number of amides is 1. The summed E-state index contributed by atoms with van der Waals surface area (Å²) >= 11 is 13.3. The molecule has 1 atom stereocenters. The summed E-state index contributed by atoms with van der Waals surface area (Å²) in [4.78, 5) is 22.8. The van der Waals surface area contributed by atoms with E-state index in [1.165, 1.54) is 30.0 Å². The van der Waals surface area contributed by atoms with Crippen molar-refractivity contribution >= 4 is 52.2 Å². The molecule has 0 bridgehead atoms. The van der Waals surface area contributed by atoms with Crippen LogP contribution in [0.5, 0.6) is 5.75 Å². The molecule has 1 amide bonds. The molecule has 2 aromatic carbocycles. The van der Waals surface area contributed by atoms with Gasteiger partial charge in [0.2, 0.25) is 5.91 Å². The Morgan fingerprint density at radius 1 is 1.24 bits per heavy atom. The van der Waals surface area contributed by atoms with Crippen LogP contribution in [-0.2, 0) is 11.3 Å². The average molecular weight is 510 g/mol. The highest BCUT2D eigenvalue weighted by molar-refractivity contribution is 7.99. The van der Waals surface area contributed by atoms with Gasteiger partial charge in [-0.3, -0.25) is 14.9 Å². The summed E-state index contributed by atoms with van der Waals surface area (Å²) in [5.74, 6) is 0.922. The molecule has 0 saturated carbocycles. The molecule has 9 nitrogen and oxygen atoms in total. The van der Waals surface area contributed by atoms with Crippen molar-refractivity contribution in [1.82, 2.24) is 14.8 Å². The van der Waals surface area contributed by atoms with Crippen molar-refractivity contribution in [3.8, 4) is 5.75 Å². The number of anilines is 1. The summed E-state index contributed by atoms with van der Waals surface area (Å²) in [6.07, 6.45) is -0.384. The van der Waals surface area contributed by atoms with Gasteiger partial charge < -0.3 is 14.6 Å². The first kappa shape index (κ1) is 24.8. The summed E-state index contributed by atoms with van der Waals surface area (Å²) < 4.78 is 7.87. The zero-order valence-electron chi connectivity index (χ0n) is 18.0. The Bertz CT molecular complexity index is 1190. The molecule has 0 aliphatic carbocycles. The van der Waals surface area contributed by atoms with Crippen LogP contribution < -0.4 is 10.1 Å². The average Bonchev–Trinajstić information content (AvgIpc) is 3.19. The minimum Gasteiger partial charge on any atom is -0.483 e. The van der Waals surface area contributed by atoms with Crippen LogP contribution in [0.25, 0.3) is 0 Å². The van der Waals surface area contributed by atoms with Crippen molar-refractivity contribution in [2.45, 2.75) is 38.6 Å². The predicted octanol–water partition coefficient (Wildman–Crippen LogP) is 5.69. The third-order valence-electron chi connectivity index (χ3n) is 4.63. The Morgan fingerprint density at radius 2 is 1.97 bits per heavy atom. The lowest BCUT2D eigenvalue weighted by Crippen LogP contribution is -2.16. The Balaban J connectivity index is 1.66. The zero-order valence-corrected chi connectivity index (χ0v) is 20.4. The second-order valence-corrected chi connectivity index (χ2v) is 8.77. The molecule has 0 aliphatic rings. The van der Waals surface area contributed by atoms with E-state index in [1.807, 2.05) is 31.4 Å². The van der Waals surface area contributed by atoms with Crippen molar-refractivity contribution in [3.05, 3.63) is 67.9 Å². The summed E-state index contributed by atoms with van der Waals surface area (Å²) in [7, 11) is 0. The van der Waals surface area contributed by atoms with Crippen molar-refractivity contribution in [3.63, 3.8) is 0 Å². The van der Waals surface area contributed by atoms with E-state index in [-0.39, 0.29) is 34.2 Å². The normalized spacial score (nSPS) is 11.8. The number of aromatic nitrogens is 3. The van der Waals surface area contributed by atoms with Gasteiger partial charge in [-0.25, -0.2) is 0 Å². The van der Waals surface area contributed by atoms with Crippen LogP contribution in [0, 0.1) is 17.0 Å². The third-order valence-corrected chi connectivity index (χ3v) is 6.36. The van der Waals surface area contributed by atoms with Gasteiger partial charge in [0.15, 0.2) is 17.1 Å². The second kappa shape index (κ2) is 10.9. The van der Waals surface area contributed by atoms with E-state index in [4.69, 9.17) is 27.9 Å². The molecule has 33 heavy (non-hydrogen) atoms. The van der Waals surface area contributed by atoms with E-state index in [9.17, 15) is 14.9 Å². The monoisotopic (exact) mass is 509 g/mol. The molecule has 0 fully saturated rings. The van der Waals surface area contributed by atoms with Crippen LogP contribution in [0.2, 0.25) is 10.0 Å². The highest BCUT2D eigenvalue weighted by atomic mass is 35.5. The first-order chi connectivity index (χ1) is 15.7. The number of nitro groups is 1. The predicted molar refractivity (Wildman–Crippen MR) is 128 cm³/mol. The van der Waals surface area contributed by atoms with E-state index in [1.54, 1.807) is 12.1 Å². The summed E-state index contributed by atoms with van der Waals surface area (Å²) in [6.45, 7) is 6.29. The zero-order chi connectivity index (χ0) is 24.1. The minimum absolute atomic E-state index is 0.0166. The second-order valence-electron chi connectivity index (χ2n) is 7.01. The molecule has 12 heteroatoms. The number of nitrogens with zero attached hydrogens (tertiary/aromatic N) is 4. The maximum absolute atomic E-state index is 12.4. The Morgan fingerprint density at radius 3 is 2.64 bits per heavy atom. The largest absolute Gasteiger partial charge is 0.483 e. The highest BCUT2D eigenvalue weighted by Gasteiger charge is 2.20. The molecular formula is C21H21Cl2N5O4S. The number of nitrogens with one attached hydrogen (secondary N) is 1. The molecule has 1 unspecified atom stereocenters. The number of carbonyl (C=O) groups excluding carboxylic acids is 1. The highest BCUT2D eigenvalue weighted by Crippen LogP contribution is 2.29. The lowest BCUT2D eigenvalue weighted by atomic mass is 10.2. The topological polar surface area (TPSA) is 112 Å². The van der Waals surface area contributed by atoms with Gasteiger partial charge in [0.25, 0.3) is 5.69 Å². The Kier molecular flexibility index (Phi) is 8.17. The number of halogens is 2. The molecule has 0 spiro atoms. The van der Waals surface area contributed by atoms with E-state index < -0.39 is 4.92 Å². The molecule has 1 aromatic heterocycles. The van der Waals surface area contributed by atoms with E-state index in [0.29, 0.717) is 28.3 Å². The number of non-ortho nitro benzene ring substituents is 1. The first-order valence-electron chi connectivity index (χ1n) is 9.92. The number of carbonyl (C=O) groups is 1. The molecule has 0 aliphatic heterocycles. The van der Waals surface area contributed by atoms with Crippen LogP contribution in [0.3, 0.4) is 0 Å². The number of thioether (sulfide) groups is 1. The molecule has 1 N–H and O–H groups in total. The van der Waals surface area contributed by atoms with Gasteiger partial charge in [-0.1, -0.05) is 35.0 Å². The van der Waals surface area contributed by atoms with Crippen molar-refractivity contribution in [2.24, 2.45) is 0 Å². The lowest BCUT2D eigenvalue weighted by Gasteiger charge is -2.16. The van der Waals surface area contributed by atoms with Gasteiger partial charge in [0.05, 0.1) is 21.4 Å². The third kappa shape index (κ3) is 6.16. The van der Waals surface area contributed by atoms with Crippen molar-refractivity contribution in [1.29, 1.82) is 0 Å². The molecule has 174 valence electrons. The molecule has 0 radical (unpaired) electrons. The Hall–Kier alpha value is -2.82. The van der Waals surface area contributed by atoms with Gasteiger partial charge in [-0.05, 0) is 50.6 Å². The SMILES string of the molecule is CCn1c(SCC(=O)Nc2cc([N+](=O)[O-])ccc2Cl)nnc1C(C)Oc1ccc(Cl)c(C)c1. The number of nitro benzene ring substituents is 1. The number of rotatable bonds is 9. The van der Waals surface area contributed by atoms with Crippen LogP contribution in [0.15, 0.2) is 41.6 Å². The van der Waals surface area contributed by atoms with Gasteiger partial charge in [0.1, 0.15) is 5.75 Å². The fourth-order valence-corrected chi connectivity index (χ4v) is 4.08. The minimum atomic E-state index is -0.555. The fraction of sp³-hybridized carbons (Fsp3) is 0.286. The lowest BCUT2D eigenvalue weighted by molar-refractivity contribution is -0.384.